The van der Waals surface area contributed by atoms with Gasteiger partial charge in [-0.25, -0.2) is 4.57 Å². The molecule has 2 aromatic carbocycles. The van der Waals surface area contributed by atoms with Crippen LogP contribution in [0.2, 0.25) is 0 Å². The first kappa shape index (κ1) is 19.0. The molecule has 0 heterocycles. The molecule has 2 aromatic rings. The van der Waals surface area contributed by atoms with Gasteiger partial charge in [0.2, 0.25) is 0 Å². The molecule has 0 aromatic heterocycles. The molecular formula is C17H21N2O5P. The van der Waals surface area contributed by atoms with Gasteiger partial charge in [-0.15, -0.1) is 0 Å². The average molecular weight is 364 g/mol. The lowest BCUT2D eigenvalue weighted by Crippen LogP contribution is -2.31. The number of nitrogens with one attached hydrogen (secondary N) is 1. The predicted molar refractivity (Wildman–Crippen MR) is 95.8 cm³/mol. The van der Waals surface area contributed by atoms with Crippen molar-refractivity contribution < 1.29 is 18.5 Å². The van der Waals surface area contributed by atoms with E-state index in [1.165, 1.54) is 24.3 Å². The van der Waals surface area contributed by atoms with E-state index in [0.29, 0.717) is 5.75 Å². The van der Waals surface area contributed by atoms with Crippen molar-refractivity contribution in [1.29, 1.82) is 0 Å². The second kappa shape index (κ2) is 8.14. The number of para-hydroxylation sites is 1. The Hall–Kier alpha value is -2.37. The van der Waals surface area contributed by atoms with Crippen molar-refractivity contribution in [3.05, 3.63) is 64.7 Å². The summed E-state index contributed by atoms with van der Waals surface area (Å²) in [7, 11) is -3.73. The van der Waals surface area contributed by atoms with Crippen molar-refractivity contribution in [3.8, 4) is 11.5 Å². The fourth-order valence-corrected chi connectivity index (χ4v) is 3.60. The number of rotatable bonds is 8. The topological polar surface area (TPSA) is 90.7 Å². The van der Waals surface area contributed by atoms with Crippen molar-refractivity contribution in [1.82, 2.24) is 5.09 Å². The summed E-state index contributed by atoms with van der Waals surface area (Å²) >= 11 is 0. The molecule has 0 bridgehead atoms. The zero-order chi connectivity index (χ0) is 18.4. The molecule has 25 heavy (non-hydrogen) atoms. The molecule has 7 nitrogen and oxygen atoms in total. The highest BCUT2D eigenvalue weighted by molar-refractivity contribution is 7.52. The number of nitrogens with zero attached hydrogens (tertiary/aromatic N) is 1. The minimum atomic E-state index is -3.73. The molecule has 1 N–H and O–H groups in total. The van der Waals surface area contributed by atoms with Crippen LogP contribution in [0.25, 0.3) is 0 Å². The Labute approximate surface area is 146 Å². The minimum Gasteiger partial charge on any atom is -0.405 e. The van der Waals surface area contributed by atoms with Crippen molar-refractivity contribution >= 4 is 13.4 Å². The highest BCUT2D eigenvalue weighted by Crippen LogP contribution is 2.45. The normalized spacial score (nSPS) is 14.6. The van der Waals surface area contributed by atoms with Crippen LogP contribution in [0.5, 0.6) is 11.5 Å². The monoisotopic (exact) mass is 364 g/mol. The van der Waals surface area contributed by atoms with Gasteiger partial charge in [-0.3, -0.25) is 10.1 Å². The largest absolute Gasteiger partial charge is 0.513 e. The first-order chi connectivity index (χ1) is 11.8. The van der Waals surface area contributed by atoms with E-state index in [4.69, 9.17) is 9.05 Å². The zero-order valence-electron chi connectivity index (χ0n) is 14.3. The van der Waals surface area contributed by atoms with E-state index in [-0.39, 0.29) is 23.4 Å². The second-order valence-corrected chi connectivity index (χ2v) is 7.52. The summed E-state index contributed by atoms with van der Waals surface area (Å²) < 4.78 is 24.4. The van der Waals surface area contributed by atoms with Crippen molar-refractivity contribution in [2.45, 2.75) is 26.8 Å². The van der Waals surface area contributed by atoms with Gasteiger partial charge in [0.25, 0.3) is 5.69 Å². The molecule has 0 aliphatic rings. The fraction of sp³-hybridized carbons (Fsp3) is 0.294. The number of hydrogen-bond acceptors (Lipinski definition) is 5. The minimum absolute atomic E-state index is 0.0744. The maximum absolute atomic E-state index is 13.2. The first-order valence-corrected chi connectivity index (χ1v) is 9.40. The maximum Gasteiger partial charge on any atom is 0.513 e. The smallest absolute Gasteiger partial charge is 0.405 e. The molecule has 2 atom stereocenters. The van der Waals surface area contributed by atoms with E-state index in [1.54, 1.807) is 24.3 Å². The Balaban J connectivity index is 2.24. The van der Waals surface area contributed by atoms with E-state index in [9.17, 15) is 14.7 Å². The Morgan fingerprint density at radius 2 is 1.48 bits per heavy atom. The van der Waals surface area contributed by atoms with Gasteiger partial charge in [-0.2, -0.15) is 5.09 Å². The fourth-order valence-electron chi connectivity index (χ4n) is 1.86. The van der Waals surface area contributed by atoms with Crippen LogP contribution in [0.3, 0.4) is 0 Å². The third-order valence-electron chi connectivity index (χ3n) is 3.60. The number of nitro groups is 1. The summed E-state index contributed by atoms with van der Waals surface area (Å²) in [6.07, 6.45) is 0. The Morgan fingerprint density at radius 3 is 1.96 bits per heavy atom. The molecule has 0 spiro atoms. The van der Waals surface area contributed by atoms with E-state index in [1.807, 2.05) is 26.8 Å². The maximum atomic E-state index is 13.2. The molecule has 0 aliphatic carbocycles. The Morgan fingerprint density at radius 1 is 0.960 bits per heavy atom. The zero-order valence-corrected chi connectivity index (χ0v) is 15.2. The summed E-state index contributed by atoms with van der Waals surface area (Å²) in [5.41, 5.74) is -0.0744. The molecular weight excluding hydrogens is 343 g/mol. The van der Waals surface area contributed by atoms with Crippen LogP contribution >= 0.6 is 7.75 Å². The standard InChI is InChI=1S/C17H21N2O5P/c1-13(2)14(3)18-25(22,23-16-7-5-4-6-8-16)24-17-11-9-15(10-12-17)19(20)21/h4-14H,1-3H3,(H,18,22). The van der Waals surface area contributed by atoms with Crippen LogP contribution in [0.1, 0.15) is 20.8 Å². The molecule has 0 saturated heterocycles. The van der Waals surface area contributed by atoms with E-state index < -0.39 is 12.7 Å². The predicted octanol–water partition coefficient (Wildman–Crippen LogP) is 4.79. The van der Waals surface area contributed by atoms with Gasteiger partial charge in [0.1, 0.15) is 11.5 Å². The van der Waals surface area contributed by atoms with Crippen LogP contribution in [0.15, 0.2) is 54.6 Å². The molecule has 0 aliphatic heterocycles. The first-order valence-electron chi connectivity index (χ1n) is 7.85. The summed E-state index contributed by atoms with van der Waals surface area (Å²) in [4.78, 5) is 10.2. The summed E-state index contributed by atoms with van der Waals surface area (Å²) in [6, 6.07) is 13.9. The second-order valence-electron chi connectivity index (χ2n) is 5.91. The van der Waals surface area contributed by atoms with E-state index in [0.717, 1.165) is 0 Å². The van der Waals surface area contributed by atoms with Gasteiger partial charge in [0.15, 0.2) is 0 Å². The molecule has 0 amide bonds. The van der Waals surface area contributed by atoms with Crippen LogP contribution in [-0.2, 0) is 4.57 Å². The molecule has 0 radical (unpaired) electrons. The van der Waals surface area contributed by atoms with E-state index >= 15 is 0 Å². The van der Waals surface area contributed by atoms with Crippen molar-refractivity contribution in [2.75, 3.05) is 0 Å². The highest BCUT2D eigenvalue weighted by atomic mass is 31.2. The van der Waals surface area contributed by atoms with Gasteiger partial charge >= 0.3 is 7.75 Å². The summed E-state index contributed by atoms with van der Waals surface area (Å²) in [5.74, 6) is 0.817. The third-order valence-corrected chi connectivity index (χ3v) is 5.23. The van der Waals surface area contributed by atoms with Crippen molar-refractivity contribution in [2.24, 2.45) is 5.92 Å². The lowest BCUT2D eigenvalue weighted by molar-refractivity contribution is -0.384. The lowest BCUT2D eigenvalue weighted by Gasteiger charge is -2.25. The van der Waals surface area contributed by atoms with Crippen LogP contribution < -0.4 is 14.1 Å². The number of benzene rings is 2. The van der Waals surface area contributed by atoms with Gasteiger partial charge in [0, 0.05) is 18.2 Å². The molecule has 0 fully saturated rings. The van der Waals surface area contributed by atoms with Crippen LogP contribution in [0, 0.1) is 16.0 Å². The van der Waals surface area contributed by atoms with Crippen LogP contribution in [0.4, 0.5) is 5.69 Å². The number of non-ortho nitro benzene ring substituents is 1. The lowest BCUT2D eigenvalue weighted by atomic mass is 10.1. The summed E-state index contributed by atoms with van der Waals surface area (Å²) in [6.45, 7) is 5.84. The van der Waals surface area contributed by atoms with Gasteiger partial charge in [0.05, 0.1) is 4.92 Å². The molecule has 8 heteroatoms. The number of nitro benzene ring substituents is 1. The molecule has 2 unspecified atom stereocenters. The van der Waals surface area contributed by atoms with E-state index in [2.05, 4.69) is 5.09 Å². The SMILES string of the molecule is CC(C)C(C)NP(=O)(Oc1ccccc1)Oc1ccc([N+](=O)[O-])cc1. The van der Waals surface area contributed by atoms with Gasteiger partial charge in [-0.05, 0) is 37.1 Å². The van der Waals surface area contributed by atoms with Gasteiger partial charge < -0.3 is 9.05 Å². The third kappa shape index (κ3) is 5.59. The Kier molecular flexibility index (Phi) is 6.17. The quantitative estimate of drug-likeness (QED) is 0.411. The summed E-state index contributed by atoms with van der Waals surface area (Å²) in [5, 5.41) is 13.6. The van der Waals surface area contributed by atoms with Crippen LogP contribution in [-0.4, -0.2) is 11.0 Å². The number of hydrogen-bond donors (Lipinski definition) is 1. The highest BCUT2D eigenvalue weighted by Gasteiger charge is 2.31. The molecule has 0 saturated carbocycles. The molecule has 2 rings (SSSR count). The average Bonchev–Trinajstić information content (AvgIpc) is 2.55. The molecule has 134 valence electrons. The van der Waals surface area contributed by atoms with Gasteiger partial charge in [-0.1, -0.05) is 32.0 Å². The van der Waals surface area contributed by atoms with Crippen molar-refractivity contribution in [3.63, 3.8) is 0 Å². The Bertz CT molecular complexity index is 749.